The Labute approximate surface area is 180 Å². The molecule has 4 N–H and O–H groups in total. The van der Waals surface area contributed by atoms with Gasteiger partial charge in [0.25, 0.3) is 0 Å². The molecule has 0 saturated carbocycles. The van der Waals surface area contributed by atoms with Crippen molar-refractivity contribution >= 4 is 29.9 Å². The van der Waals surface area contributed by atoms with Crippen molar-refractivity contribution in [3.05, 3.63) is 0 Å². The Hall–Kier alpha value is -0.930. The summed E-state index contributed by atoms with van der Waals surface area (Å²) in [5.41, 5.74) is 4.50. The van der Waals surface area contributed by atoms with Gasteiger partial charge >= 0.3 is 47.7 Å². The van der Waals surface area contributed by atoms with Crippen LogP contribution in [0.1, 0.15) is 0 Å². The molecule has 0 saturated heterocycles. The topological polar surface area (TPSA) is 75.3 Å². The second-order valence-corrected chi connectivity index (χ2v) is 4.75. The van der Waals surface area contributed by atoms with E-state index in [4.69, 9.17) is 5.11 Å². The number of rotatable bonds is 6. The van der Waals surface area contributed by atoms with Crippen molar-refractivity contribution in [3.8, 4) is 0 Å². The molecule has 0 aliphatic heterocycles. The first kappa shape index (κ1) is 37.4. The fourth-order valence-corrected chi connectivity index (χ4v) is 1.10. The molecule has 0 fully saturated rings. The van der Waals surface area contributed by atoms with Crippen molar-refractivity contribution < 1.29 is 75.8 Å². The molecule has 0 aliphatic carbocycles. The average molecular weight is 618 g/mol. The van der Waals surface area contributed by atoms with E-state index in [1.54, 1.807) is 0 Å². The standard InChI is InChI=1S/C8HF15O2.C2H7N.CH5N.HI/c9-2(10,1(24)25)3(11,12)4(13,14)5(15,16)6(17,18)7(19,20)8(21,22)23;1-3-2;1-2;/h(H,24,25);3H,1-2H3;2H2,1H3;1H. The zero-order chi connectivity index (χ0) is 25.8. The zero-order valence-corrected chi connectivity index (χ0v) is 17.3. The van der Waals surface area contributed by atoms with Crippen molar-refractivity contribution in [2.24, 2.45) is 5.73 Å². The van der Waals surface area contributed by atoms with Gasteiger partial charge in [0.05, 0.1) is 0 Å². The van der Waals surface area contributed by atoms with Gasteiger partial charge in [0.1, 0.15) is 0 Å². The Morgan fingerprint density at radius 3 is 1.00 bits per heavy atom. The molecule has 0 aromatic rings. The zero-order valence-electron chi connectivity index (χ0n) is 15.0. The lowest BCUT2D eigenvalue weighted by Gasteiger charge is -2.40. The Bertz CT molecular complexity index is 566. The summed E-state index contributed by atoms with van der Waals surface area (Å²) in [7, 11) is 5.25. The van der Waals surface area contributed by atoms with Crippen LogP contribution in [0.5, 0.6) is 0 Å². The van der Waals surface area contributed by atoms with Crippen LogP contribution in [0, 0.1) is 0 Å². The van der Waals surface area contributed by atoms with E-state index in [0.29, 0.717) is 0 Å². The van der Waals surface area contributed by atoms with Crippen molar-refractivity contribution in [2.75, 3.05) is 21.1 Å². The molecule has 31 heavy (non-hydrogen) atoms. The number of halogens is 16. The smallest absolute Gasteiger partial charge is 0.460 e. The van der Waals surface area contributed by atoms with E-state index in [1.165, 1.54) is 7.05 Å². The number of nitrogens with two attached hydrogens (primary N) is 1. The number of carboxylic acids is 1. The van der Waals surface area contributed by atoms with E-state index in [-0.39, 0.29) is 24.0 Å². The molecule has 0 aliphatic rings. The van der Waals surface area contributed by atoms with Crippen LogP contribution in [0.25, 0.3) is 0 Å². The van der Waals surface area contributed by atoms with Crippen LogP contribution in [0.4, 0.5) is 65.9 Å². The van der Waals surface area contributed by atoms with Gasteiger partial charge in [-0.25, -0.2) is 4.79 Å². The van der Waals surface area contributed by atoms with Gasteiger partial charge in [0.2, 0.25) is 0 Å². The lowest BCUT2D eigenvalue weighted by molar-refractivity contribution is -0.450. The summed E-state index contributed by atoms with van der Waals surface area (Å²) >= 11 is 0. The fourth-order valence-electron chi connectivity index (χ4n) is 1.10. The normalized spacial score (nSPS) is 13.8. The highest BCUT2D eigenvalue weighted by Gasteiger charge is 2.94. The largest absolute Gasteiger partial charge is 0.477 e. The maximum atomic E-state index is 12.8. The molecular weight excluding hydrogens is 604 g/mol. The highest BCUT2D eigenvalue weighted by atomic mass is 127. The molecule has 4 nitrogen and oxygen atoms in total. The monoisotopic (exact) mass is 618 g/mol. The average Bonchev–Trinajstić information content (AvgIpc) is 2.55. The van der Waals surface area contributed by atoms with Crippen LogP contribution in [-0.2, 0) is 4.79 Å². The SMILES string of the molecule is CN.CNC.I.O=C(O)C(F)(F)C(F)(F)C(F)(F)C(F)(F)C(F)(F)C(F)(F)C(F)(F)F. The van der Waals surface area contributed by atoms with E-state index in [1.807, 2.05) is 14.1 Å². The first-order chi connectivity index (χ1) is 12.9. The molecule has 0 aromatic heterocycles. The first-order valence-corrected chi connectivity index (χ1v) is 6.59. The predicted molar refractivity (Wildman–Crippen MR) is 83.9 cm³/mol. The van der Waals surface area contributed by atoms with E-state index >= 15 is 0 Å². The molecule has 0 aromatic carbocycles. The van der Waals surface area contributed by atoms with Gasteiger partial charge < -0.3 is 16.2 Å². The van der Waals surface area contributed by atoms with Gasteiger partial charge in [0.15, 0.2) is 0 Å². The van der Waals surface area contributed by atoms with Crippen LogP contribution in [-0.4, -0.2) is 73.9 Å². The molecule has 0 atom stereocenters. The highest BCUT2D eigenvalue weighted by Crippen LogP contribution is 2.62. The Morgan fingerprint density at radius 1 is 0.613 bits per heavy atom. The molecule has 0 heterocycles. The maximum absolute atomic E-state index is 12.8. The van der Waals surface area contributed by atoms with Gasteiger partial charge in [-0.15, -0.1) is 24.0 Å². The van der Waals surface area contributed by atoms with Crippen LogP contribution in [0.2, 0.25) is 0 Å². The van der Waals surface area contributed by atoms with Gasteiger partial charge in [-0.3, -0.25) is 0 Å². The minimum absolute atomic E-state index is 0. The van der Waals surface area contributed by atoms with Crippen molar-refractivity contribution in [3.63, 3.8) is 0 Å². The van der Waals surface area contributed by atoms with Crippen LogP contribution in [0.3, 0.4) is 0 Å². The van der Waals surface area contributed by atoms with Gasteiger partial charge in [-0.1, -0.05) is 0 Å². The maximum Gasteiger partial charge on any atom is 0.460 e. The third-order valence-electron chi connectivity index (χ3n) is 2.60. The van der Waals surface area contributed by atoms with E-state index in [9.17, 15) is 70.7 Å². The summed E-state index contributed by atoms with van der Waals surface area (Å²) in [5.74, 6) is -52.8. The summed E-state index contributed by atoms with van der Waals surface area (Å²) in [6, 6.07) is 0. The summed E-state index contributed by atoms with van der Waals surface area (Å²) in [5, 5.41) is 10.3. The van der Waals surface area contributed by atoms with Crippen molar-refractivity contribution in [1.29, 1.82) is 0 Å². The number of nitrogens with one attached hydrogen (secondary N) is 1. The van der Waals surface area contributed by atoms with Crippen molar-refractivity contribution in [2.45, 2.75) is 41.7 Å². The second kappa shape index (κ2) is 11.3. The highest BCUT2D eigenvalue weighted by molar-refractivity contribution is 14.0. The van der Waals surface area contributed by atoms with E-state index in [2.05, 4.69) is 11.1 Å². The van der Waals surface area contributed by atoms with Crippen molar-refractivity contribution in [1.82, 2.24) is 5.32 Å². The molecule has 20 heteroatoms. The number of alkyl halides is 15. The predicted octanol–water partition coefficient (Wildman–Crippen LogP) is 4.47. The summed E-state index contributed by atoms with van der Waals surface area (Å²) in [4.78, 5) is 9.72. The summed E-state index contributed by atoms with van der Waals surface area (Å²) in [6.45, 7) is 0. The van der Waals surface area contributed by atoms with Gasteiger partial charge in [0, 0.05) is 0 Å². The Balaban J connectivity index is -0.000000554. The van der Waals surface area contributed by atoms with Crippen LogP contribution >= 0.6 is 24.0 Å². The Kier molecular flexibility index (Phi) is 13.6. The molecular formula is C11H14F15IN2O2. The summed E-state index contributed by atoms with van der Waals surface area (Å²) in [6.07, 6.45) is -7.69. The number of carbonyl (C=O) groups is 1. The number of carboxylic acid groups (broad SMARTS) is 1. The fraction of sp³-hybridized carbons (Fsp3) is 0.909. The minimum Gasteiger partial charge on any atom is -0.477 e. The molecule has 0 unspecified atom stereocenters. The van der Waals surface area contributed by atoms with Crippen LogP contribution in [0.15, 0.2) is 0 Å². The molecule has 0 bridgehead atoms. The lowest BCUT2D eigenvalue weighted by Crippen LogP contribution is -2.73. The number of hydrogen-bond acceptors (Lipinski definition) is 3. The molecule has 0 amide bonds. The summed E-state index contributed by atoms with van der Waals surface area (Å²) < 4.78 is 187. The van der Waals surface area contributed by atoms with Gasteiger partial charge in [-0.2, -0.15) is 65.9 Å². The third kappa shape index (κ3) is 6.11. The Morgan fingerprint density at radius 2 is 0.806 bits per heavy atom. The third-order valence-corrected chi connectivity index (χ3v) is 2.60. The van der Waals surface area contributed by atoms with Crippen LogP contribution < -0.4 is 11.1 Å². The van der Waals surface area contributed by atoms with E-state index in [0.717, 1.165) is 0 Å². The quantitative estimate of drug-likeness (QED) is 0.304. The van der Waals surface area contributed by atoms with E-state index < -0.39 is 47.7 Å². The lowest BCUT2D eigenvalue weighted by atomic mass is 9.91. The number of aliphatic carboxylic acids is 1. The molecule has 0 rings (SSSR count). The molecule has 0 spiro atoms. The molecule has 192 valence electrons. The first-order valence-electron chi connectivity index (χ1n) is 6.59. The molecule has 0 radical (unpaired) electrons. The number of hydrogen-bond donors (Lipinski definition) is 3. The second-order valence-electron chi connectivity index (χ2n) is 4.75. The van der Waals surface area contributed by atoms with Gasteiger partial charge in [-0.05, 0) is 21.1 Å². The minimum atomic E-state index is -8.47.